The molecule has 22 heavy (non-hydrogen) atoms. The molecule has 2 saturated heterocycles. The summed E-state index contributed by atoms with van der Waals surface area (Å²) in [6.07, 6.45) is 9.42. The summed E-state index contributed by atoms with van der Waals surface area (Å²) in [6.45, 7) is 4.88. The van der Waals surface area contributed by atoms with E-state index in [1.807, 2.05) is 4.90 Å². The number of piperidine rings is 2. The first-order chi connectivity index (χ1) is 10.5. The summed E-state index contributed by atoms with van der Waals surface area (Å²) in [7, 11) is 2.21. The van der Waals surface area contributed by atoms with Gasteiger partial charge in [-0.25, -0.2) is 4.79 Å². The number of likely N-dealkylation sites (tertiary alicyclic amines) is 2. The number of carbonyl (C=O) groups excluding carboxylic acids is 1. The molecule has 1 saturated carbocycles. The van der Waals surface area contributed by atoms with E-state index < -0.39 is 0 Å². The van der Waals surface area contributed by atoms with Crippen LogP contribution in [-0.2, 0) is 0 Å². The van der Waals surface area contributed by atoms with E-state index in [0.717, 1.165) is 25.9 Å². The Kier molecular flexibility index (Phi) is 4.64. The van der Waals surface area contributed by atoms with Crippen LogP contribution >= 0.6 is 0 Å². The van der Waals surface area contributed by atoms with E-state index >= 15 is 0 Å². The minimum absolute atomic E-state index is 0.0968. The minimum atomic E-state index is -0.152. The molecule has 3 aliphatic rings. The van der Waals surface area contributed by atoms with Crippen LogP contribution in [-0.4, -0.2) is 61.1 Å². The van der Waals surface area contributed by atoms with Crippen molar-refractivity contribution >= 4 is 6.03 Å². The fourth-order valence-electron chi connectivity index (χ4n) is 4.40. The number of nitrogens with one attached hydrogen (secondary N) is 1. The van der Waals surface area contributed by atoms with Crippen molar-refractivity contribution in [2.75, 3.05) is 39.8 Å². The van der Waals surface area contributed by atoms with Crippen LogP contribution in [0.2, 0.25) is 0 Å². The number of nitrogens with two attached hydrogens (primary N) is 1. The first-order valence-corrected chi connectivity index (χ1v) is 9.01. The fraction of sp³-hybridized carbons (Fsp3) is 0.941. The number of urea groups is 1. The summed E-state index contributed by atoms with van der Waals surface area (Å²) in [6, 6.07) is 0.0968. The molecular weight excluding hydrogens is 276 g/mol. The Morgan fingerprint density at radius 1 is 1.00 bits per heavy atom. The normalized spacial score (nSPS) is 28.0. The molecule has 1 aliphatic carbocycles. The molecule has 5 heteroatoms. The highest BCUT2D eigenvalue weighted by molar-refractivity contribution is 5.74. The lowest BCUT2D eigenvalue weighted by molar-refractivity contribution is 0.0538. The van der Waals surface area contributed by atoms with Gasteiger partial charge in [0.25, 0.3) is 0 Å². The van der Waals surface area contributed by atoms with Crippen molar-refractivity contribution in [2.24, 2.45) is 11.1 Å². The average Bonchev–Trinajstić information content (AvgIpc) is 2.96. The fourth-order valence-corrected chi connectivity index (χ4v) is 4.40. The maximum Gasteiger partial charge on any atom is 0.317 e. The third kappa shape index (κ3) is 3.57. The Morgan fingerprint density at radius 3 is 2.14 bits per heavy atom. The van der Waals surface area contributed by atoms with Crippen LogP contribution in [0.25, 0.3) is 0 Å². The van der Waals surface area contributed by atoms with Crippen molar-refractivity contribution in [3.8, 4) is 0 Å². The maximum absolute atomic E-state index is 12.4. The molecule has 0 radical (unpaired) electrons. The molecule has 2 heterocycles. The SMILES string of the molecule is CN1CCC2(CC1)CCN(C(=O)NCC1(N)CCCC1)CC2. The summed E-state index contributed by atoms with van der Waals surface area (Å²) in [5.74, 6) is 0. The average molecular weight is 308 g/mol. The second-order valence-corrected chi connectivity index (χ2v) is 8.02. The van der Waals surface area contributed by atoms with Gasteiger partial charge in [0.05, 0.1) is 0 Å². The third-order valence-corrected chi connectivity index (χ3v) is 6.35. The Hall–Kier alpha value is -0.810. The van der Waals surface area contributed by atoms with Gasteiger partial charge in [-0.15, -0.1) is 0 Å². The van der Waals surface area contributed by atoms with Crippen molar-refractivity contribution in [3.63, 3.8) is 0 Å². The smallest absolute Gasteiger partial charge is 0.317 e. The minimum Gasteiger partial charge on any atom is -0.336 e. The van der Waals surface area contributed by atoms with E-state index in [-0.39, 0.29) is 11.6 Å². The van der Waals surface area contributed by atoms with Crippen LogP contribution in [0.4, 0.5) is 4.79 Å². The standard InChI is InChI=1S/C17H32N4O/c1-20-10-6-16(7-11-20)8-12-21(13-9-16)15(22)19-14-17(18)4-2-3-5-17/h2-14,18H2,1H3,(H,19,22). The zero-order valence-electron chi connectivity index (χ0n) is 14.1. The molecule has 2 amide bonds. The zero-order chi connectivity index (χ0) is 15.6. The van der Waals surface area contributed by atoms with E-state index in [9.17, 15) is 4.79 Å². The van der Waals surface area contributed by atoms with E-state index in [1.165, 1.54) is 51.6 Å². The van der Waals surface area contributed by atoms with Gasteiger partial charge in [-0.2, -0.15) is 0 Å². The number of hydrogen-bond donors (Lipinski definition) is 2. The summed E-state index contributed by atoms with van der Waals surface area (Å²) in [5.41, 5.74) is 6.68. The molecule has 3 fully saturated rings. The predicted molar refractivity (Wildman–Crippen MR) is 88.8 cm³/mol. The van der Waals surface area contributed by atoms with Crippen molar-refractivity contribution < 1.29 is 4.79 Å². The second kappa shape index (κ2) is 6.36. The topological polar surface area (TPSA) is 61.6 Å². The largest absolute Gasteiger partial charge is 0.336 e. The summed E-state index contributed by atoms with van der Waals surface area (Å²) < 4.78 is 0. The van der Waals surface area contributed by atoms with E-state index in [4.69, 9.17) is 5.73 Å². The van der Waals surface area contributed by atoms with E-state index in [1.54, 1.807) is 0 Å². The monoisotopic (exact) mass is 308 g/mol. The molecule has 3 rings (SSSR count). The van der Waals surface area contributed by atoms with Crippen LogP contribution < -0.4 is 11.1 Å². The lowest BCUT2D eigenvalue weighted by Gasteiger charge is -2.46. The molecule has 0 bridgehead atoms. The van der Waals surface area contributed by atoms with E-state index in [0.29, 0.717) is 12.0 Å². The first-order valence-electron chi connectivity index (χ1n) is 9.01. The van der Waals surface area contributed by atoms with Gasteiger partial charge in [-0.1, -0.05) is 12.8 Å². The molecule has 5 nitrogen and oxygen atoms in total. The van der Waals surface area contributed by atoms with E-state index in [2.05, 4.69) is 17.3 Å². The predicted octanol–water partition coefficient (Wildman–Crippen LogP) is 1.78. The first kappa shape index (κ1) is 16.1. The van der Waals surface area contributed by atoms with Gasteiger partial charge < -0.3 is 20.9 Å². The molecule has 0 aromatic rings. The van der Waals surface area contributed by atoms with Crippen LogP contribution in [0.1, 0.15) is 51.4 Å². The maximum atomic E-state index is 12.4. The molecule has 0 atom stereocenters. The van der Waals surface area contributed by atoms with Gasteiger partial charge in [0, 0.05) is 25.2 Å². The lowest BCUT2D eigenvalue weighted by Crippen LogP contribution is -2.54. The van der Waals surface area contributed by atoms with Gasteiger partial charge in [0.1, 0.15) is 0 Å². The second-order valence-electron chi connectivity index (χ2n) is 8.02. The summed E-state index contributed by atoms with van der Waals surface area (Å²) in [5, 5.41) is 3.09. The van der Waals surface area contributed by atoms with Crippen molar-refractivity contribution in [1.29, 1.82) is 0 Å². The molecule has 2 aliphatic heterocycles. The lowest BCUT2D eigenvalue weighted by atomic mass is 9.71. The Bertz CT molecular complexity index is 387. The van der Waals surface area contributed by atoms with Crippen LogP contribution in [0.5, 0.6) is 0 Å². The van der Waals surface area contributed by atoms with Crippen molar-refractivity contribution in [1.82, 2.24) is 15.1 Å². The van der Waals surface area contributed by atoms with Gasteiger partial charge in [0.2, 0.25) is 0 Å². The summed E-state index contributed by atoms with van der Waals surface area (Å²) in [4.78, 5) is 16.8. The third-order valence-electron chi connectivity index (χ3n) is 6.35. The van der Waals surface area contributed by atoms with Crippen molar-refractivity contribution in [3.05, 3.63) is 0 Å². The number of amides is 2. The van der Waals surface area contributed by atoms with Crippen molar-refractivity contribution in [2.45, 2.75) is 56.9 Å². The molecule has 126 valence electrons. The Morgan fingerprint density at radius 2 is 1.55 bits per heavy atom. The molecule has 0 aromatic heterocycles. The van der Waals surface area contributed by atoms with Crippen LogP contribution in [0, 0.1) is 5.41 Å². The number of hydrogen-bond acceptors (Lipinski definition) is 3. The molecular formula is C17H32N4O. The van der Waals surface area contributed by atoms with Crippen LogP contribution in [0.15, 0.2) is 0 Å². The number of carbonyl (C=O) groups is 1. The molecule has 0 unspecified atom stereocenters. The van der Waals surface area contributed by atoms with Crippen LogP contribution in [0.3, 0.4) is 0 Å². The number of nitrogens with zero attached hydrogens (tertiary/aromatic N) is 2. The van der Waals surface area contributed by atoms with Gasteiger partial charge in [-0.05, 0) is 64.1 Å². The number of rotatable bonds is 2. The molecule has 1 spiro atoms. The highest BCUT2D eigenvalue weighted by Crippen LogP contribution is 2.40. The van der Waals surface area contributed by atoms with Gasteiger partial charge >= 0.3 is 6.03 Å². The zero-order valence-corrected chi connectivity index (χ0v) is 14.1. The Labute approximate surface area is 134 Å². The van der Waals surface area contributed by atoms with Gasteiger partial charge in [0.15, 0.2) is 0 Å². The quantitative estimate of drug-likeness (QED) is 0.817. The highest BCUT2D eigenvalue weighted by Gasteiger charge is 2.38. The molecule has 0 aromatic carbocycles. The summed E-state index contributed by atoms with van der Waals surface area (Å²) >= 11 is 0. The Balaban J connectivity index is 1.44. The van der Waals surface area contributed by atoms with Gasteiger partial charge in [-0.3, -0.25) is 0 Å². The molecule has 3 N–H and O–H groups in total. The highest BCUT2D eigenvalue weighted by atomic mass is 16.2.